The van der Waals surface area contributed by atoms with Gasteiger partial charge in [-0.05, 0) is 55.7 Å². The molecule has 1 aliphatic rings. The van der Waals surface area contributed by atoms with Crippen molar-refractivity contribution in [1.29, 1.82) is 0 Å². The number of sulfonamides is 1. The van der Waals surface area contributed by atoms with Crippen molar-refractivity contribution in [2.75, 3.05) is 25.0 Å². The molecule has 5 nitrogen and oxygen atoms in total. The summed E-state index contributed by atoms with van der Waals surface area (Å²) in [5.74, 6) is -0.644. The van der Waals surface area contributed by atoms with Gasteiger partial charge in [-0.2, -0.15) is 4.31 Å². The highest BCUT2D eigenvalue weighted by molar-refractivity contribution is 7.89. The van der Waals surface area contributed by atoms with E-state index in [1.807, 2.05) is 0 Å². The zero-order valence-corrected chi connectivity index (χ0v) is 16.8. The third-order valence-electron chi connectivity index (χ3n) is 5.00. The maximum atomic E-state index is 13.6. The van der Waals surface area contributed by atoms with Crippen LogP contribution in [-0.4, -0.2) is 38.1 Å². The SMILES string of the molecule is Cc1ccc(C(=O)CNc2ccc(S(=O)(=O)N3CCCCCC3)cc2)cc1F. The fourth-order valence-corrected chi connectivity index (χ4v) is 4.74. The smallest absolute Gasteiger partial charge is 0.243 e. The van der Waals surface area contributed by atoms with E-state index < -0.39 is 15.8 Å². The number of anilines is 1. The lowest BCUT2D eigenvalue weighted by Crippen LogP contribution is -2.31. The number of carbonyl (C=O) groups excluding carboxylic acids is 1. The highest BCUT2D eigenvalue weighted by atomic mass is 32.2. The first-order valence-corrected chi connectivity index (χ1v) is 11.0. The lowest BCUT2D eigenvalue weighted by atomic mass is 10.1. The van der Waals surface area contributed by atoms with Crippen molar-refractivity contribution in [2.45, 2.75) is 37.5 Å². The van der Waals surface area contributed by atoms with Crippen molar-refractivity contribution in [3.63, 3.8) is 0 Å². The lowest BCUT2D eigenvalue weighted by molar-refractivity contribution is 0.101. The molecule has 3 rings (SSSR count). The normalized spacial score (nSPS) is 15.8. The molecule has 0 bridgehead atoms. The molecule has 150 valence electrons. The number of ketones is 1. The van der Waals surface area contributed by atoms with E-state index in [9.17, 15) is 17.6 Å². The summed E-state index contributed by atoms with van der Waals surface area (Å²) >= 11 is 0. The van der Waals surface area contributed by atoms with Crippen molar-refractivity contribution in [3.05, 3.63) is 59.4 Å². The molecule has 1 fully saturated rings. The van der Waals surface area contributed by atoms with E-state index in [4.69, 9.17) is 0 Å². The third kappa shape index (κ3) is 4.77. The number of hydrogen-bond donors (Lipinski definition) is 1. The lowest BCUT2D eigenvalue weighted by Gasteiger charge is -2.20. The van der Waals surface area contributed by atoms with Crippen LogP contribution in [0.25, 0.3) is 0 Å². The van der Waals surface area contributed by atoms with Crippen LogP contribution in [0.15, 0.2) is 47.4 Å². The van der Waals surface area contributed by atoms with Gasteiger partial charge < -0.3 is 5.32 Å². The summed E-state index contributed by atoms with van der Waals surface area (Å²) in [5, 5.41) is 2.96. The van der Waals surface area contributed by atoms with Crippen LogP contribution in [-0.2, 0) is 10.0 Å². The van der Waals surface area contributed by atoms with E-state index in [-0.39, 0.29) is 17.2 Å². The molecular formula is C21H25FN2O3S. The van der Waals surface area contributed by atoms with Gasteiger partial charge in [0.1, 0.15) is 5.82 Å². The number of nitrogens with zero attached hydrogens (tertiary/aromatic N) is 1. The van der Waals surface area contributed by atoms with Gasteiger partial charge in [0.2, 0.25) is 10.0 Å². The summed E-state index contributed by atoms with van der Waals surface area (Å²) in [5.41, 5.74) is 1.43. The Morgan fingerprint density at radius 3 is 2.29 bits per heavy atom. The number of rotatable bonds is 6. The van der Waals surface area contributed by atoms with Gasteiger partial charge in [-0.1, -0.05) is 25.0 Å². The standard InChI is InChI=1S/C21H25FN2O3S/c1-16-6-7-17(14-20(16)22)21(25)15-23-18-8-10-19(11-9-18)28(26,27)24-12-4-2-3-5-13-24/h6-11,14,23H,2-5,12-13,15H2,1H3. The average molecular weight is 405 g/mol. The van der Waals surface area contributed by atoms with Gasteiger partial charge in [0.05, 0.1) is 11.4 Å². The summed E-state index contributed by atoms with van der Waals surface area (Å²) in [6.07, 6.45) is 3.91. The molecule has 2 aromatic carbocycles. The van der Waals surface area contributed by atoms with Crippen molar-refractivity contribution in [2.24, 2.45) is 0 Å². The van der Waals surface area contributed by atoms with Gasteiger partial charge in [0.25, 0.3) is 0 Å². The summed E-state index contributed by atoms with van der Waals surface area (Å²) in [6, 6.07) is 10.8. The minimum absolute atomic E-state index is 0.000717. The Bertz CT molecular complexity index is 935. The second kappa shape index (κ2) is 8.84. The predicted octanol–water partition coefficient (Wildman–Crippen LogP) is 3.99. The van der Waals surface area contributed by atoms with Crippen LogP contribution >= 0.6 is 0 Å². The Kier molecular flexibility index (Phi) is 6.46. The number of hydrogen-bond acceptors (Lipinski definition) is 4. The van der Waals surface area contributed by atoms with Crippen molar-refractivity contribution < 1.29 is 17.6 Å². The van der Waals surface area contributed by atoms with Crippen LogP contribution in [0.4, 0.5) is 10.1 Å². The van der Waals surface area contributed by atoms with E-state index >= 15 is 0 Å². The number of benzene rings is 2. The number of aryl methyl sites for hydroxylation is 1. The van der Waals surface area contributed by atoms with Gasteiger partial charge in [-0.15, -0.1) is 0 Å². The monoisotopic (exact) mass is 404 g/mol. The third-order valence-corrected chi connectivity index (χ3v) is 6.92. The fourth-order valence-electron chi connectivity index (χ4n) is 3.23. The molecule has 0 unspecified atom stereocenters. The molecule has 0 spiro atoms. The topological polar surface area (TPSA) is 66.5 Å². The molecule has 1 N–H and O–H groups in total. The van der Waals surface area contributed by atoms with Gasteiger partial charge >= 0.3 is 0 Å². The molecule has 0 saturated carbocycles. The molecule has 1 heterocycles. The van der Waals surface area contributed by atoms with Gasteiger partial charge in [0.15, 0.2) is 5.78 Å². The van der Waals surface area contributed by atoms with Crippen molar-refractivity contribution in [3.8, 4) is 0 Å². The highest BCUT2D eigenvalue weighted by Crippen LogP contribution is 2.22. The number of halogens is 1. The van der Waals surface area contributed by atoms with E-state index in [2.05, 4.69) is 5.32 Å². The molecule has 28 heavy (non-hydrogen) atoms. The van der Waals surface area contributed by atoms with E-state index in [0.29, 0.717) is 29.9 Å². The Labute approximate surface area is 165 Å². The van der Waals surface area contributed by atoms with Crippen LogP contribution in [0.3, 0.4) is 0 Å². The Hall–Kier alpha value is -2.25. The number of nitrogens with one attached hydrogen (secondary N) is 1. The fraction of sp³-hybridized carbons (Fsp3) is 0.381. The molecular weight excluding hydrogens is 379 g/mol. The molecule has 0 amide bonds. The van der Waals surface area contributed by atoms with Gasteiger partial charge in [0, 0.05) is 24.3 Å². The van der Waals surface area contributed by atoms with Crippen LogP contribution in [0.2, 0.25) is 0 Å². The molecule has 0 radical (unpaired) electrons. The molecule has 0 aliphatic carbocycles. The average Bonchev–Trinajstić information content (AvgIpc) is 2.98. The quantitative estimate of drug-likeness (QED) is 0.739. The van der Waals surface area contributed by atoms with E-state index in [0.717, 1.165) is 25.7 Å². The summed E-state index contributed by atoms with van der Waals surface area (Å²) in [6.45, 7) is 2.76. The zero-order valence-electron chi connectivity index (χ0n) is 15.9. The molecule has 0 atom stereocenters. The highest BCUT2D eigenvalue weighted by Gasteiger charge is 2.24. The second-order valence-electron chi connectivity index (χ2n) is 7.08. The predicted molar refractivity (Wildman–Crippen MR) is 108 cm³/mol. The minimum atomic E-state index is -3.49. The summed E-state index contributed by atoms with van der Waals surface area (Å²) in [7, 11) is -3.49. The number of Topliss-reactive ketones (excluding diaryl/α,β-unsaturated/α-hetero) is 1. The van der Waals surface area contributed by atoms with Crippen LogP contribution in [0.5, 0.6) is 0 Å². The Morgan fingerprint density at radius 1 is 1.04 bits per heavy atom. The van der Waals surface area contributed by atoms with Gasteiger partial charge in [-0.25, -0.2) is 12.8 Å². The van der Waals surface area contributed by atoms with E-state index in [1.54, 1.807) is 47.6 Å². The zero-order chi connectivity index (χ0) is 20.1. The van der Waals surface area contributed by atoms with Crippen molar-refractivity contribution >= 4 is 21.5 Å². The van der Waals surface area contributed by atoms with E-state index in [1.165, 1.54) is 6.07 Å². The Morgan fingerprint density at radius 2 is 1.68 bits per heavy atom. The van der Waals surface area contributed by atoms with Gasteiger partial charge in [-0.3, -0.25) is 4.79 Å². The second-order valence-corrected chi connectivity index (χ2v) is 9.02. The van der Waals surface area contributed by atoms with Crippen molar-refractivity contribution in [1.82, 2.24) is 4.31 Å². The van der Waals surface area contributed by atoms with Crippen LogP contribution in [0, 0.1) is 12.7 Å². The molecule has 1 aliphatic heterocycles. The largest absolute Gasteiger partial charge is 0.378 e. The first-order chi connectivity index (χ1) is 13.4. The van der Waals surface area contributed by atoms with Crippen LogP contribution in [0.1, 0.15) is 41.6 Å². The summed E-state index contributed by atoms with van der Waals surface area (Å²) in [4.78, 5) is 12.5. The minimum Gasteiger partial charge on any atom is -0.378 e. The first-order valence-electron chi connectivity index (χ1n) is 9.51. The Balaban J connectivity index is 1.63. The maximum Gasteiger partial charge on any atom is 0.243 e. The summed E-state index contributed by atoms with van der Waals surface area (Å²) < 4.78 is 40.7. The molecule has 1 saturated heterocycles. The molecule has 2 aromatic rings. The van der Waals surface area contributed by atoms with Crippen LogP contribution < -0.4 is 5.32 Å². The molecule has 7 heteroatoms. The molecule has 0 aromatic heterocycles. The maximum absolute atomic E-state index is 13.6. The number of carbonyl (C=O) groups is 1. The first kappa shape index (κ1) is 20.5.